The van der Waals surface area contributed by atoms with Gasteiger partial charge in [0.25, 0.3) is 11.8 Å². The minimum Gasteiger partial charge on any atom is -0.543 e. The molecule has 0 aliphatic carbocycles. The molecule has 3 atom stereocenters. The number of cyclic esters (lactones) is 1. The van der Waals surface area contributed by atoms with Crippen LogP contribution in [-0.4, -0.2) is 69.7 Å². The Morgan fingerprint density at radius 2 is 2.19 bits per heavy atom. The first kappa shape index (κ1) is 24.5. The quantitative estimate of drug-likeness (QED) is 0.130. The number of aliphatic carboxylic acids is 1. The number of carboxylic acid groups (broad SMARTS) is 1. The van der Waals surface area contributed by atoms with Gasteiger partial charge >= 0.3 is 35.5 Å². The largest absolute Gasteiger partial charge is 1.00 e. The van der Waals surface area contributed by atoms with Gasteiger partial charge in [-0.15, -0.1) is 23.1 Å². The van der Waals surface area contributed by atoms with Gasteiger partial charge in [0.05, 0.1) is 11.7 Å². The first-order chi connectivity index (χ1) is 14.8. The van der Waals surface area contributed by atoms with Gasteiger partial charge in [-0.2, -0.15) is 0 Å². The van der Waals surface area contributed by atoms with Crippen molar-refractivity contribution in [2.75, 3.05) is 18.6 Å². The summed E-state index contributed by atoms with van der Waals surface area (Å²) in [7, 11) is 1.25. The summed E-state index contributed by atoms with van der Waals surface area (Å²) in [5.74, 6) is -3.10. The molecule has 3 aliphatic rings. The molecule has 0 saturated carbocycles. The Labute approximate surface area is 211 Å². The number of aromatic nitrogens is 1. The van der Waals surface area contributed by atoms with Gasteiger partial charge in [-0.25, -0.2) is 4.98 Å². The molecule has 0 spiro atoms. The van der Waals surface area contributed by atoms with Crippen molar-refractivity contribution in [3.05, 3.63) is 22.3 Å². The maximum Gasteiger partial charge on any atom is 1.00 e. The smallest absolute Gasteiger partial charge is 0.543 e. The Kier molecular flexibility index (Phi) is 7.50. The first-order valence-corrected chi connectivity index (χ1v) is 11.0. The summed E-state index contributed by atoms with van der Waals surface area (Å²) in [6, 6.07) is -0.988. The van der Waals surface area contributed by atoms with Crippen LogP contribution in [-0.2, 0) is 28.8 Å². The van der Waals surface area contributed by atoms with Gasteiger partial charge in [0.1, 0.15) is 30.3 Å². The van der Waals surface area contributed by atoms with Gasteiger partial charge in [-0.3, -0.25) is 19.3 Å². The van der Waals surface area contributed by atoms with Crippen molar-refractivity contribution >= 4 is 57.7 Å². The van der Waals surface area contributed by atoms with E-state index in [0.717, 1.165) is 16.2 Å². The van der Waals surface area contributed by atoms with Crippen molar-refractivity contribution in [2.45, 2.75) is 30.4 Å². The standard InChI is InChI=1S/C17H17N5O7S2.Na/c1-28-21-10(7-5-31-17(18)19-7)13(24)20-11-14(25)22-12(16(26)27)6(4-30-15(11)22)8-2-3-9(23)29-8;/h5,8,11,15H,2-4H2,1H3,(H2,18,19)(H,20,24)(H,26,27);/q;+1/p-1/b21-10-;/t8?,11-,15-;/m1./s1. The van der Waals surface area contributed by atoms with Gasteiger partial charge in [-0.1, -0.05) is 5.16 Å². The Morgan fingerprint density at radius 1 is 1.44 bits per heavy atom. The number of nitrogens with zero attached hydrogens (tertiary/aromatic N) is 3. The van der Waals surface area contributed by atoms with Crippen LogP contribution < -0.4 is 45.7 Å². The fourth-order valence-corrected chi connectivity index (χ4v) is 5.51. The average Bonchev–Trinajstić information content (AvgIpc) is 3.36. The number of oxime groups is 1. The molecular formula is C17H16N5NaO7S2. The summed E-state index contributed by atoms with van der Waals surface area (Å²) < 4.78 is 5.17. The van der Waals surface area contributed by atoms with Crippen molar-refractivity contribution in [2.24, 2.45) is 5.16 Å². The number of ether oxygens (including phenoxy) is 1. The van der Waals surface area contributed by atoms with Crippen molar-refractivity contribution in [3.8, 4) is 0 Å². The predicted molar refractivity (Wildman–Crippen MR) is 106 cm³/mol. The number of thioether (sulfide) groups is 1. The van der Waals surface area contributed by atoms with Gasteiger partial charge < -0.3 is 30.5 Å². The number of carbonyl (C=O) groups is 4. The number of nitrogens with two attached hydrogens (primary N) is 1. The van der Waals surface area contributed by atoms with E-state index in [2.05, 4.69) is 15.5 Å². The van der Waals surface area contributed by atoms with Crippen LogP contribution in [0.4, 0.5) is 5.13 Å². The number of β-lactam (4-membered cyclic amide) rings is 1. The molecule has 1 aromatic rings. The van der Waals surface area contributed by atoms with Crippen LogP contribution in [0.5, 0.6) is 0 Å². The SMILES string of the molecule is CO/N=C(\C(=O)N[C@@H]1C(=O)N2C(C(=O)[O-])=C(C3CCC(=O)O3)CS[C@H]12)c1csc(N)n1.[Na+]. The predicted octanol–water partition coefficient (Wildman–Crippen LogP) is -4.81. The second-order valence-electron chi connectivity index (χ2n) is 6.73. The van der Waals surface area contributed by atoms with Gasteiger partial charge in [0.15, 0.2) is 10.8 Å². The van der Waals surface area contributed by atoms with Crippen LogP contribution in [0, 0.1) is 0 Å². The molecule has 3 aliphatic heterocycles. The maximum absolute atomic E-state index is 12.8. The van der Waals surface area contributed by atoms with Crippen LogP contribution in [0.2, 0.25) is 0 Å². The fourth-order valence-electron chi connectivity index (χ4n) is 3.55. The molecule has 3 N–H and O–H groups in total. The molecule has 164 valence electrons. The number of nitrogens with one attached hydrogen (secondary N) is 1. The number of anilines is 1. The molecule has 0 bridgehead atoms. The number of rotatable bonds is 6. The third-order valence-corrected chi connectivity index (χ3v) is 6.89. The third kappa shape index (κ3) is 4.37. The van der Waals surface area contributed by atoms with Gasteiger partial charge in [-0.05, 0) is 6.42 Å². The number of nitrogen functional groups attached to an aromatic ring is 1. The van der Waals surface area contributed by atoms with Crippen molar-refractivity contribution in [1.29, 1.82) is 0 Å². The second kappa shape index (κ2) is 9.79. The van der Waals surface area contributed by atoms with E-state index < -0.39 is 41.3 Å². The fraction of sp³-hybridized carbons (Fsp3) is 0.412. The number of carbonyl (C=O) groups excluding carboxylic acids is 4. The van der Waals surface area contributed by atoms with Crippen LogP contribution in [0.25, 0.3) is 0 Å². The summed E-state index contributed by atoms with van der Waals surface area (Å²) >= 11 is 2.36. The number of hydrogen-bond donors (Lipinski definition) is 2. The average molecular weight is 489 g/mol. The minimum atomic E-state index is -1.54. The summed E-state index contributed by atoms with van der Waals surface area (Å²) in [6.07, 6.45) is -0.185. The molecule has 4 heterocycles. The molecular weight excluding hydrogens is 473 g/mol. The molecule has 4 rings (SSSR count). The maximum atomic E-state index is 12.8. The zero-order valence-electron chi connectivity index (χ0n) is 17.0. The Balaban J connectivity index is 0.00000289. The molecule has 2 saturated heterocycles. The Morgan fingerprint density at radius 3 is 2.75 bits per heavy atom. The molecule has 32 heavy (non-hydrogen) atoms. The van der Waals surface area contributed by atoms with Crippen molar-refractivity contribution < 1.29 is 63.4 Å². The molecule has 2 amide bonds. The zero-order valence-corrected chi connectivity index (χ0v) is 20.7. The van der Waals surface area contributed by atoms with Crippen LogP contribution in [0.3, 0.4) is 0 Å². The third-order valence-electron chi connectivity index (χ3n) is 4.91. The van der Waals surface area contributed by atoms with Crippen molar-refractivity contribution in [3.63, 3.8) is 0 Å². The summed E-state index contributed by atoms with van der Waals surface area (Å²) in [5.41, 5.74) is 5.62. The van der Waals surface area contributed by atoms with E-state index in [0.29, 0.717) is 12.0 Å². The van der Waals surface area contributed by atoms with Gasteiger partial charge in [0.2, 0.25) is 0 Å². The van der Waals surface area contributed by atoms with Crippen LogP contribution in [0.15, 0.2) is 21.8 Å². The number of esters is 1. The molecule has 12 nitrogen and oxygen atoms in total. The van der Waals surface area contributed by atoms with Crippen molar-refractivity contribution in [1.82, 2.24) is 15.2 Å². The van der Waals surface area contributed by atoms with E-state index in [1.54, 1.807) is 0 Å². The number of hydrogen-bond acceptors (Lipinski definition) is 12. The minimum absolute atomic E-state index is 0. The topological polar surface area (TPSA) is 176 Å². The molecule has 0 aromatic carbocycles. The molecule has 0 radical (unpaired) electrons. The number of thiazole rings is 1. The van der Waals surface area contributed by atoms with E-state index in [9.17, 15) is 24.3 Å². The summed E-state index contributed by atoms with van der Waals surface area (Å²) in [6.45, 7) is 0. The number of amides is 2. The van der Waals surface area contributed by atoms with Gasteiger partial charge in [0, 0.05) is 23.1 Å². The first-order valence-electron chi connectivity index (χ1n) is 9.03. The normalized spacial score (nSPS) is 24.8. The van der Waals surface area contributed by atoms with Crippen LogP contribution in [0.1, 0.15) is 18.5 Å². The Hall–Kier alpha value is -2.13. The Bertz CT molecular complexity index is 1040. The van der Waals surface area contributed by atoms with Crippen LogP contribution >= 0.6 is 23.1 Å². The zero-order chi connectivity index (χ0) is 22.3. The van der Waals surface area contributed by atoms with E-state index in [4.69, 9.17) is 15.3 Å². The molecule has 2 fully saturated rings. The molecule has 15 heteroatoms. The summed E-state index contributed by atoms with van der Waals surface area (Å²) in [5, 5.41) is 19.1. The summed E-state index contributed by atoms with van der Waals surface area (Å²) in [4.78, 5) is 58.4. The van der Waals surface area contributed by atoms with E-state index >= 15 is 0 Å². The molecule has 1 unspecified atom stereocenters. The second-order valence-corrected chi connectivity index (χ2v) is 8.73. The van der Waals surface area contributed by atoms with E-state index in [1.165, 1.54) is 24.3 Å². The molecule has 1 aromatic heterocycles. The number of fused-ring (bicyclic) bond motifs is 1. The monoisotopic (exact) mass is 489 g/mol. The van der Waals surface area contributed by atoms with E-state index in [1.807, 2.05) is 0 Å². The number of carboxylic acids is 1. The van der Waals surface area contributed by atoms with E-state index in [-0.39, 0.29) is 64.0 Å².